The zero-order valence-electron chi connectivity index (χ0n) is 15.0. The molecule has 2 amide bonds. The van der Waals surface area contributed by atoms with Crippen molar-refractivity contribution in [2.24, 2.45) is 0 Å². The smallest absolute Gasteiger partial charge is 0.287 e. The highest BCUT2D eigenvalue weighted by atomic mass is 16.2. The number of fused-ring (bicyclic) bond motifs is 1. The van der Waals surface area contributed by atoms with E-state index in [1.165, 1.54) is 0 Å². The van der Waals surface area contributed by atoms with Gasteiger partial charge in [-0.2, -0.15) is 0 Å². The van der Waals surface area contributed by atoms with Gasteiger partial charge in [-0.15, -0.1) is 0 Å². The van der Waals surface area contributed by atoms with E-state index in [4.69, 9.17) is 0 Å². The fourth-order valence-corrected chi connectivity index (χ4v) is 3.55. The van der Waals surface area contributed by atoms with Gasteiger partial charge in [-0.25, -0.2) is 4.98 Å². The Morgan fingerprint density at radius 1 is 1.00 bits per heavy atom. The molecule has 3 aromatic rings. The Balaban J connectivity index is 1.57. The van der Waals surface area contributed by atoms with E-state index in [-0.39, 0.29) is 29.4 Å². The van der Waals surface area contributed by atoms with Crippen molar-refractivity contribution in [2.45, 2.75) is 38.3 Å². The summed E-state index contributed by atoms with van der Waals surface area (Å²) in [6, 6.07) is 15.4. The third-order valence-electron chi connectivity index (χ3n) is 4.95. The molecule has 6 nitrogen and oxygen atoms in total. The van der Waals surface area contributed by atoms with Crippen molar-refractivity contribution < 1.29 is 9.59 Å². The summed E-state index contributed by atoms with van der Waals surface area (Å²) in [6.45, 7) is 0.412. The first kappa shape index (κ1) is 17.3. The van der Waals surface area contributed by atoms with E-state index in [2.05, 4.69) is 15.6 Å². The molecule has 6 heteroatoms. The molecular formula is C21H22N4O2. The van der Waals surface area contributed by atoms with E-state index in [1.54, 1.807) is 16.7 Å². The minimum Gasteiger partial charge on any atom is -0.347 e. The summed E-state index contributed by atoms with van der Waals surface area (Å²) in [5.74, 6) is -0.268. The van der Waals surface area contributed by atoms with E-state index >= 15 is 0 Å². The maximum atomic E-state index is 12.7. The molecule has 4 rings (SSSR count). The highest BCUT2D eigenvalue weighted by Gasteiger charge is 2.24. The molecule has 2 heterocycles. The van der Waals surface area contributed by atoms with Crippen molar-refractivity contribution in [3.05, 3.63) is 71.8 Å². The highest BCUT2D eigenvalue weighted by molar-refractivity contribution is 6.02. The predicted molar refractivity (Wildman–Crippen MR) is 103 cm³/mol. The highest BCUT2D eigenvalue weighted by Crippen LogP contribution is 2.19. The SMILES string of the molecule is O=C(NCc1ccccc1)c1nc(C(=O)NC2CCCC2)n2ccccc12. The number of pyridine rings is 1. The fraction of sp³-hybridized carbons (Fsp3) is 0.286. The summed E-state index contributed by atoms with van der Waals surface area (Å²) in [4.78, 5) is 29.8. The first-order valence-corrected chi connectivity index (χ1v) is 9.32. The number of imidazole rings is 1. The lowest BCUT2D eigenvalue weighted by molar-refractivity contribution is 0.0926. The number of carbonyl (C=O) groups excluding carboxylic acids is 2. The Labute approximate surface area is 157 Å². The summed E-state index contributed by atoms with van der Waals surface area (Å²) < 4.78 is 1.68. The lowest BCUT2D eigenvalue weighted by Gasteiger charge is -2.10. The second kappa shape index (κ2) is 7.61. The first-order chi connectivity index (χ1) is 13.2. The molecule has 0 aliphatic heterocycles. The summed E-state index contributed by atoms with van der Waals surface area (Å²) in [7, 11) is 0. The molecule has 1 aliphatic carbocycles. The molecule has 1 fully saturated rings. The van der Waals surface area contributed by atoms with Crippen molar-refractivity contribution in [3.8, 4) is 0 Å². The average molecular weight is 362 g/mol. The van der Waals surface area contributed by atoms with E-state index in [0.29, 0.717) is 12.1 Å². The number of hydrogen-bond donors (Lipinski definition) is 2. The molecule has 0 spiro atoms. The third-order valence-corrected chi connectivity index (χ3v) is 4.95. The lowest BCUT2D eigenvalue weighted by Crippen LogP contribution is -2.34. The van der Waals surface area contributed by atoms with Gasteiger partial charge in [-0.05, 0) is 30.5 Å². The maximum Gasteiger partial charge on any atom is 0.287 e. The van der Waals surface area contributed by atoms with Crippen LogP contribution < -0.4 is 10.6 Å². The molecule has 1 saturated carbocycles. The number of aromatic nitrogens is 2. The van der Waals surface area contributed by atoms with Crippen LogP contribution in [0.1, 0.15) is 52.4 Å². The molecule has 0 radical (unpaired) electrons. The van der Waals surface area contributed by atoms with Gasteiger partial charge in [0.1, 0.15) is 0 Å². The largest absolute Gasteiger partial charge is 0.347 e. The summed E-state index contributed by atoms with van der Waals surface area (Å²) >= 11 is 0. The molecule has 0 bridgehead atoms. The van der Waals surface area contributed by atoms with Crippen molar-refractivity contribution in [3.63, 3.8) is 0 Å². The summed E-state index contributed by atoms with van der Waals surface area (Å²) in [5.41, 5.74) is 1.90. The zero-order valence-corrected chi connectivity index (χ0v) is 15.0. The monoisotopic (exact) mass is 362 g/mol. The van der Waals surface area contributed by atoms with Gasteiger partial charge in [-0.3, -0.25) is 14.0 Å². The van der Waals surface area contributed by atoms with Gasteiger partial charge in [0.05, 0.1) is 5.52 Å². The number of benzene rings is 1. The van der Waals surface area contributed by atoms with Crippen molar-refractivity contribution in [1.29, 1.82) is 0 Å². The Hall–Kier alpha value is -3.15. The van der Waals surface area contributed by atoms with Crippen LogP contribution in [0.2, 0.25) is 0 Å². The van der Waals surface area contributed by atoms with Crippen LogP contribution in [0.3, 0.4) is 0 Å². The molecule has 2 aromatic heterocycles. The molecule has 0 unspecified atom stereocenters. The van der Waals surface area contributed by atoms with Crippen LogP contribution in [-0.2, 0) is 6.54 Å². The minimum atomic E-state index is -0.289. The normalized spacial score (nSPS) is 14.4. The lowest BCUT2D eigenvalue weighted by atomic mass is 10.2. The van der Waals surface area contributed by atoms with E-state index in [0.717, 1.165) is 31.2 Å². The van der Waals surface area contributed by atoms with Crippen LogP contribution in [-0.4, -0.2) is 27.2 Å². The standard InChI is InChI=1S/C21H22N4O2/c26-20(22-14-15-8-2-1-3-9-15)18-17-12-6-7-13-25(17)19(24-18)21(27)23-16-10-4-5-11-16/h1-3,6-9,12-13,16H,4-5,10-11,14H2,(H,22,26)(H,23,27). The number of nitrogens with one attached hydrogen (secondary N) is 2. The maximum absolute atomic E-state index is 12.7. The van der Waals surface area contributed by atoms with Gasteiger partial charge in [0.25, 0.3) is 11.8 Å². The third kappa shape index (κ3) is 3.69. The van der Waals surface area contributed by atoms with Gasteiger partial charge >= 0.3 is 0 Å². The Bertz CT molecular complexity index is 959. The molecule has 0 atom stereocenters. The molecule has 1 aliphatic rings. The topological polar surface area (TPSA) is 75.5 Å². The van der Waals surface area contributed by atoms with E-state index in [9.17, 15) is 9.59 Å². The zero-order chi connectivity index (χ0) is 18.6. The molecule has 2 N–H and O–H groups in total. The first-order valence-electron chi connectivity index (χ1n) is 9.32. The Morgan fingerprint density at radius 2 is 1.74 bits per heavy atom. The molecule has 138 valence electrons. The van der Waals surface area contributed by atoms with E-state index < -0.39 is 0 Å². The minimum absolute atomic E-state index is 0.198. The van der Waals surface area contributed by atoms with Gasteiger partial charge in [0.15, 0.2) is 5.69 Å². The van der Waals surface area contributed by atoms with Crippen LogP contribution in [0.5, 0.6) is 0 Å². The molecule has 1 aromatic carbocycles. The Morgan fingerprint density at radius 3 is 2.52 bits per heavy atom. The Kier molecular flexibility index (Phi) is 4.87. The van der Waals surface area contributed by atoms with Gasteiger partial charge in [0, 0.05) is 18.8 Å². The second-order valence-corrected chi connectivity index (χ2v) is 6.86. The fourth-order valence-electron chi connectivity index (χ4n) is 3.55. The number of amides is 2. The second-order valence-electron chi connectivity index (χ2n) is 6.86. The summed E-state index contributed by atoms with van der Waals surface area (Å²) in [5, 5.41) is 5.93. The predicted octanol–water partition coefficient (Wildman–Crippen LogP) is 2.94. The van der Waals surface area contributed by atoms with Gasteiger partial charge in [0.2, 0.25) is 5.82 Å². The van der Waals surface area contributed by atoms with E-state index in [1.807, 2.05) is 42.5 Å². The number of rotatable bonds is 5. The van der Waals surface area contributed by atoms with Crippen molar-refractivity contribution in [1.82, 2.24) is 20.0 Å². The summed E-state index contributed by atoms with van der Waals surface area (Å²) in [6.07, 6.45) is 6.04. The molecular weight excluding hydrogens is 340 g/mol. The van der Waals surface area contributed by atoms with Gasteiger partial charge in [-0.1, -0.05) is 49.2 Å². The number of carbonyl (C=O) groups is 2. The molecule has 0 saturated heterocycles. The average Bonchev–Trinajstić information content (AvgIpc) is 3.34. The van der Waals surface area contributed by atoms with Crippen LogP contribution in [0.4, 0.5) is 0 Å². The van der Waals surface area contributed by atoms with Crippen molar-refractivity contribution >= 4 is 17.3 Å². The number of nitrogens with zero attached hydrogens (tertiary/aromatic N) is 2. The van der Waals surface area contributed by atoms with Crippen LogP contribution in [0, 0.1) is 0 Å². The van der Waals surface area contributed by atoms with Crippen LogP contribution in [0.25, 0.3) is 5.52 Å². The van der Waals surface area contributed by atoms with Crippen molar-refractivity contribution in [2.75, 3.05) is 0 Å². The van der Waals surface area contributed by atoms with Crippen LogP contribution in [0.15, 0.2) is 54.7 Å². The number of hydrogen-bond acceptors (Lipinski definition) is 3. The van der Waals surface area contributed by atoms with Gasteiger partial charge < -0.3 is 10.6 Å². The van der Waals surface area contributed by atoms with Crippen LogP contribution >= 0.6 is 0 Å². The quantitative estimate of drug-likeness (QED) is 0.733. The molecule has 27 heavy (non-hydrogen) atoms.